The maximum atomic E-state index is 12.3. The van der Waals surface area contributed by atoms with Crippen molar-refractivity contribution in [3.63, 3.8) is 0 Å². The molecule has 0 radical (unpaired) electrons. The van der Waals surface area contributed by atoms with E-state index in [-0.39, 0.29) is 5.91 Å². The second kappa shape index (κ2) is 8.58. The van der Waals surface area contributed by atoms with Crippen molar-refractivity contribution in [1.29, 1.82) is 0 Å². The van der Waals surface area contributed by atoms with Crippen LogP contribution in [0.2, 0.25) is 5.02 Å². The van der Waals surface area contributed by atoms with Crippen LogP contribution in [0.5, 0.6) is 0 Å². The number of hydrogen-bond donors (Lipinski definition) is 0. The second-order valence-electron chi connectivity index (χ2n) is 6.02. The Labute approximate surface area is 157 Å². The smallest absolute Gasteiger partial charge is 0.222 e. The van der Waals surface area contributed by atoms with Crippen LogP contribution < -0.4 is 0 Å². The summed E-state index contributed by atoms with van der Waals surface area (Å²) in [6, 6.07) is 17.2. The highest BCUT2D eigenvalue weighted by atomic mass is 35.5. The van der Waals surface area contributed by atoms with Gasteiger partial charge < -0.3 is 4.90 Å². The van der Waals surface area contributed by atoms with Crippen LogP contribution in [-0.4, -0.2) is 38.1 Å². The number of carbonyl (C=O) groups excluding carboxylic acids is 1. The largest absolute Gasteiger partial charge is 0.341 e. The number of tetrazole rings is 1. The van der Waals surface area contributed by atoms with Crippen LogP contribution in [-0.2, 0) is 17.9 Å². The van der Waals surface area contributed by atoms with Gasteiger partial charge in [-0.15, -0.1) is 10.2 Å². The minimum Gasteiger partial charge on any atom is -0.341 e. The highest BCUT2D eigenvalue weighted by Crippen LogP contribution is 2.17. The molecule has 3 aromatic rings. The first-order valence-electron chi connectivity index (χ1n) is 8.44. The van der Waals surface area contributed by atoms with E-state index in [1.54, 1.807) is 11.9 Å². The lowest BCUT2D eigenvalue weighted by molar-refractivity contribution is -0.130. The first kappa shape index (κ1) is 18.1. The van der Waals surface area contributed by atoms with Gasteiger partial charge in [-0.3, -0.25) is 4.79 Å². The molecule has 0 aliphatic heterocycles. The lowest BCUT2D eigenvalue weighted by Crippen LogP contribution is -2.26. The normalized spacial score (nSPS) is 10.7. The SMILES string of the molecule is CN(Cc1ccccc1Cl)C(=O)CCCn1nnc(-c2ccccc2)n1. The average molecular weight is 370 g/mol. The second-order valence-corrected chi connectivity index (χ2v) is 6.43. The van der Waals surface area contributed by atoms with Crippen molar-refractivity contribution in [2.75, 3.05) is 7.05 Å². The number of carbonyl (C=O) groups is 1. The predicted molar refractivity (Wildman–Crippen MR) is 100 cm³/mol. The number of halogens is 1. The summed E-state index contributed by atoms with van der Waals surface area (Å²) >= 11 is 6.15. The molecular weight excluding hydrogens is 350 g/mol. The Morgan fingerprint density at radius 2 is 1.85 bits per heavy atom. The first-order chi connectivity index (χ1) is 12.6. The zero-order valence-corrected chi connectivity index (χ0v) is 15.3. The molecule has 0 fully saturated rings. The molecule has 0 aliphatic carbocycles. The molecule has 0 N–H and O–H groups in total. The minimum absolute atomic E-state index is 0.0633. The lowest BCUT2D eigenvalue weighted by Gasteiger charge is -2.17. The number of nitrogens with zero attached hydrogens (tertiary/aromatic N) is 5. The number of hydrogen-bond acceptors (Lipinski definition) is 4. The predicted octanol–water partition coefficient (Wildman–Crippen LogP) is 3.43. The summed E-state index contributed by atoms with van der Waals surface area (Å²) in [6.45, 7) is 1.05. The third-order valence-electron chi connectivity index (χ3n) is 4.02. The summed E-state index contributed by atoms with van der Waals surface area (Å²) in [5.41, 5.74) is 1.87. The number of aromatic nitrogens is 4. The summed E-state index contributed by atoms with van der Waals surface area (Å²) in [5.74, 6) is 0.654. The Balaban J connectivity index is 1.48. The van der Waals surface area contributed by atoms with Gasteiger partial charge in [0.05, 0.1) is 6.54 Å². The van der Waals surface area contributed by atoms with Crippen LogP contribution in [0.3, 0.4) is 0 Å². The minimum atomic E-state index is 0.0633. The zero-order chi connectivity index (χ0) is 18.4. The van der Waals surface area contributed by atoms with Gasteiger partial charge in [0, 0.05) is 30.6 Å². The Kier molecular flexibility index (Phi) is 5.96. The Hall–Kier alpha value is -2.73. The molecule has 3 rings (SSSR count). The Morgan fingerprint density at radius 1 is 1.12 bits per heavy atom. The molecule has 1 amide bonds. The molecular formula is C19H20ClN5O. The average Bonchev–Trinajstić information content (AvgIpc) is 3.13. The summed E-state index contributed by atoms with van der Waals surface area (Å²) < 4.78 is 0. The molecule has 7 heteroatoms. The van der Waals surface area contributed by atoms with Gasteiger partial charge in [0.25, 0.3) is 0 Å². The van der Waals surface area contributed by atoms with Crippen LogP contribution in [0.1, 0.15) is 18.4 Å². The molecule has 26 heavy (non-hydrogen) atoms. The molecule has 0 spiro atoms. The van der Waals surface area contributed by atoms with Crippen molar-refractivity contribution < 1.29 is 4.79 Å². The van der Waals surface area contributed by atoms with Crippen LogP contribution >= 0.6 is 11.6 Å². The monoisotopic (exact) mass is 369 g/mol. The number of benzene rings is 2. The van der Waals surface area contributed by atoms with E-state index < -0.39 is 0 Å². The van der Waals surface area contributed by atoms with Crippen molar-refractivity contribution in [2.24, 2.45) is 0 Å². The van der Waals surface area contributed by atoms with Crippen molar-refractivity contribution in [2.45, 2.75) is 25.9 Å². The molecule has 0 saturated heterocycles. The fourth-order valence-electron chi connectivity index (χ4n) is 2.57. The first-order valence-corrected chi connectivity index (χ1v) is 8.82. The number of rotatable bonds is 7. The van der Waals surface area contributed by atoms with E-state index >= 15 is 0 Å². The molecule has 0 unspecified atom stereocenters. The maximum Gasteiger partial charge on any atom is 0.222 e. The molecule has 0 saturated carbocycles. The topological polar surface area (TPSA) is 63.9 Å². The van der Waals surface area contributed by atoms with E-state index in [2.05, 4.69) is 15.4 Å². The summed E-state index contributed by atoms with van der Waals surface area (Å²) in [7, 11) is 1.78. The number of aryl methyl sites for hydroxylation is 1. The molecule has 0 aliphatic rings. The van der Waals surface area contributed by atoms with Crippen LogP contribution in [0.15, 0.2) is 54.6 Å². The molecule has 0 bridgehead atoms. The van der Waals surface area contributed by atoms with Gasteiger partial charge in [0.1, 0.15) is 0 Å². The van der Waals surface area contributed by atoms with Gasteiger partial charge in [-0.05, 0) is 23.3 Å². The highest BCUT2D eigenvalue weighted by molar-refractivity contribution is 6.31. The van der Waals surface area contributed by atoms with Crippen molar-refractivity contribution in [3.8, 4) is 11.4 Å². The fourth-order valence-corrected chi connectivity index (χ4v) is 2.77. The fraction of sp³-hybridized carbons (Fsp3) is 0.263. The number of amides is 1. The van der Waals surface area contributed by atoms with Crippen molar-refractivity contribution >= 4 is 17.5 Å². The van der Waals surface area contributed by atoms with E-state index in [0.29, 0.717) is 36.8 Å². The maximum absolute atomic E-state index is 12.3. The molecule has 1 aromatic heterocycles. The third-order valence-corrected chi connectivity index (χ3v) is 4.39. The van der Waals surface area contributed by atoms with E-state index in [4.69, 9.17) is 11.6 Å². The van der Waals surface area contributed by atoms with Crippen molar-refractivity contribution in [1.82, 2.24) is 25.1 Å². The van der Waals surface area contributed by atoms with Crippen molar-refractivity contribution in [3.05, 3.63) is 65.2 Å². The molecule has 2 aromatic carbocycles. The van der Waals surface area contributed by atoms with Gasteiger partial charge in [0.2, 0.25) is 11.7 Å². The highest BCUT2D eigenvalue weighted by Gasteiger charge is 2.11. The van der Waals surface area contributed by atoms with Crippen LogP contribution in [0.4, 0.5) is 0 Å². The lowest BCUT2D eigenvalue weighted by atomic mass is 10.2. The Morgan fingerprint density at radius 3 is 2.62 bits per heavy atom. The van der Waals surface area contributed by atoms with Gasteiger partial charge >= 0.3 is 0 Å². The van der Waals surface area contributed by atoms with E-state index in [9.17, 15) is 4.79 Å². The Bertz CT molecular complexity index is 865. The molecule has 134 valence electrons. The van der Waals surface area contributed by atoms with E-state index in [1.807, 2.05) is 54.6 Å². The van der Waals surface area contributed by atoms with Gasteiger partial charge in [-0.2, -0.15) is 4.80 Å². The molecule has 1 heterocycles. The molecule has 6 nitrogen and oxygen atoms in total. The van der Waals surface area contributed by atoms with Crippen LogP contribution in [0, 0.1) is 0 Å². The molecule has 0 atom stereocenters. The summed E-state index contributed by atoms with van der Waals surface area (Å²) in [4.78, 5) is 15.5. The quantitative estimate of drug-likeness (QED) is 0.640. The van der Waals surface area contributed by atoms with E-state index in [0.717, 1.165) is 11.1 Å². The standard InChI is InChI=1S/C19H20ClN5O/c1-24(14-16-10-5-6-11-17(16)20)18(26)12-7-13-25-22-19(21-23-25)15-8-3-2-4-9-15/h2-6,8-11H,7,12-14H2,1H3. The summed E-state index contributed by atoms with van der Waals surface area (Å²) in [5, 5.41) is 13.1. The van der Waals surface area contributed by atoms with Crippen LogP contribution in [0.25, 0.3) is 11.4 Å². The van der Waals surface area contributed by atoms with Gasteiger partial charge in [-0.25, -0.2) is 0 Å². The van der Waals surface area contributed by atoms with E-state index in [1.165, 1.54) is 4.80 Å². The third kappa shape index (κ3) is 4.67. The zero-order valence-electron chi connectivity index (χ0n) is 14.5. The van der Waals surface area contributed by atoms with Gasteiger partial charge in [-0.1, -0.05) is 60.1 Å². The summed E-state index contributed by atoms with van der Waals surface area (Å²) in [6.07, 6.45) is 1.07. The van der Waals surface area contributed by atoms with Gasteiger partial charge in [0.15, 0.2) is 0 Å².